The fourth-order valence-corrected chi connectivity index (χ4v) is 4.00. The fraction of sp³-hybridized carbons (Fsp3) is 0.625. The number of para-hydroxylation sites is 1. The molecule has 4 nitrogen and oxygen atoms in total. The quantitative estimate of drug-likeness (QED) is 0.899. The van der Waals surface area contributed by atoms with Gasteiger partial charge in [-0.15, -0.1) is 0 Å². The number of ether oxygens (including phenoxy) is 2. The molecule has 5 heteroatoms. The summed E-state index contributed by atoms with van der Waals surface area (Å²) in [6.07, 6.45) is 1.47. The molecule has 2 heterocycles. The van der Waals surface area contributed by atoms with Crippen molar-refractivity contribution < 1.29 is 9.47 Å². The van der Waals surface area contributed by atoms with Crippen LogP contribution in [0.3, 0.4) is 0 Å². The second kappa shape index (κ2) is 7.38. The Kier molecular flexibility index (Phi) is 5.27. The lowest BCUT2D eigenvalue weighted by Crippen LogP contribution is -2.42. The zero-order valence-electron chi connectivity index (χ0n) is 12.6. The lowest BCUT2D eigenvalue weighted by molar-refractivity contribution is 0.211. The van der Waals surface area contributed by atoms with E-state index in [-0.39, 0.29) is 0 Å². The van der Waals surface area contributed by atoms with Gasteiger partial charge in [0.2, 0.25) is 0 Å². The maximum atomic E-state index is 6.15. The summed E-state index contributed by atoms with van der Waals surface area (Å²) in [5.41, 5.74) is 1.22. The van der Waals surface area contributed by atoms with Crippen molar-refractivity contribution in [3.63, 3.8) is 0 Å². The monoisotopic (exact) mass is 308 g/mol. The summed E-state index contributed by atoms with van der Waals surface area (Å²) in [7, 11) is 1.74. The van der Waals surface area contributed by atoms with Gasteiger partial charge in [-0.05, 0) is 18.2 Å². The number of rotatable bonds is 5. The summed E-state index contributed by atoms with van der Waals surface area (Å²) in [6.45, 7) is 5.25. The van der Waals surface area contributed by atoms with Crippen molar-refractivity contribution in [2.45, 2.75) is 19.1 Å². The molecule has 21 heavy (non-hydrogen) atoms. The van der Waals surface area contributed by atoms with Crippen LogP contribution in [0.25, 0.3) is 0 Å². The van der Waals surface area contributed by atoms with E-state index in [4.69, 9.17) is 9.47 Å². The van der Waals surface area contributed by atoms with Crippen LogP contribution in [0.1, 0.15) is 12.0 Å². The second-order valence-corrected chi connectivity index (χ2v) is 6.73. The Morgan fingerprint density at radius 1 is 1.33 bits per heavy atom. The van der Waals surface area contributed by atoms with Crippen LogP contribution >= 0.6 is 11.8 Å². The fourth-order valence-electron chi connectivity index (χ4n) is 2.91. The Balaban J connectivity index is 1.72. The van der Waals surface area contributed by atoms with Gasteiger partial charge in [0.1, 0.15) is 6.10 Å². The van der Waals surface area contributed by atoms with Crippen molar-refractivity contribution in [2.24, 2.45) is 0 Å². The molecule has 116 valence electrons. The van der Waals surface area contributed by atoms with Crippen molar-refractivity contribution in [2.75, 3.05) is 44.8 Å². The third-order valence-corrected chi connectivity index (χ3v) is 5.18. The number of nitrogens with one attached hydrogen (secondary N) is 1. The number of hydrogen-bond donors (Lipinski definition) is 1. The van der Waals surface area contributed by atoms with Crippen LogP contribution in [0.4, 0.5) is 0 Å². The molecule has 1 unspecified atom stereocenters. The SMILES string of the molecule is COc1c(CN2CCNCC2)cccc1OC1CCSC1. The van der Waals surface area contributed by atoms with E-state index < -0.39 is 0 Å². The molecule has 2 saturated heterocycles. The summed E-state index contributed by atoms with van der Waals surface area (Å²) in [6, 6.07) is 6.26. The molecule has 2 aliphatic rings. The van der Waals surface area contributed by atoms with Gasteiger partial charge >= 0.3 is 0 Å². The number of hydrogen-bond acceptors (Lipinski definition) is 5. The van der Waals surface area contributed by atoms with E-state index in [0.717, 1.165) is 56.4 Å². The lowest BCUT2D eigenvalue weighted by Gasteiger charge is -2.28. The van der Waals surface area contributed by atoms with E-state index in [9.17, 15) is 0 Å². The lowest BCUT2D eigenvalue weighted by atomic mass is 10.1. The first-order chi connectivity index (χ1) is 10.4. The molecule has 0 aliphatic carbocycles. The van der Waals surface area contributed by atoms with Crippen LogP contribution in [-0.4, -0.2) is 55.8 Å². The van der Waals surface area contributed by atoms with Crippen molar-refractivity contribution in [1.29, 1.82) is 0 Å². The van der Waals surface area contributed by atoms with Crippen LogP contribution in [-0.2, 0) is 6.54 Å². The average molecular weight is 308 g/mol. The van der Waals surface area contributed by atoms with Crippen molar-refractivity contribution >= 4 is 11.8 Å². The Hall–Kier alpha value is -0.910. The zero-order valence-corrected chi connectivity index (χ0v) is 13.5. The normalized spacial score (nSPS) is 23.2. The van der Waals surface area contributed by atoms with Crippen LogP contribution in [0.5, 0.6) is 11.5 Å². The summed E-state index contributed by atoms with van der Waals surface area (Å²) in [5, 5.41) is 3.39. The van der Waals surface area contributed by atoms with E-state index in [1.807, 2.05) is 17.8 Å². The number of benzene rings is 1. The average Bonchev–Trinajstić information content (AvgIpc) is 3.02. The van der Waals surface area contributed by atoms with E-state index in [2.05, 4.69) is 22.3 Å². The van der Waals surface area contributed by atoms with Crippen molar-refractivity contribution in [1.82, 2.24) is 10.2 Å². The Morgan fingerprint density at radius 2 is 2.19 bits per heavy atom. The van der Waals surface area contributed by atoms with Gasteiger partial charge in [0.15, 0.2) is 11.5 Å². The number of thioether (sulfide) groups is 1. The van der Waals surface area contributed by atoms with Gasteiger partial charge < -0.3 is 14.8 Å². The van der Waals surface area contributed by atoms with Gasteiger partial charge in [0.05, 0.1) is 7.11 Å². The van der Waals surface area contributed by atoms with Gasteiger partial charge in [-0.3, -0.25) is 4.90 Å². The molecule has 2 aliphatic heterocycles. The highest BCUT2D eigenvalue weighted by molar-refractivity contribution is 7.99. The highest BCUT2D eigenvalue weighted by Crippen LogP contribution is 2.34. The molecular weight excluding hydrogens is 284 g/mol. The third kappa shape index (κ3) is 3.84. The second-order valence-electron chi connectivity index (χ2n) is 5.58. The summed E-state index contributed by atoms with van der Waals surface area (Å²) in [4.78, 5) is 2.46. The Bertz CT molecular complexity index is 458. The minimum absolute atomic E-state index is 0.332. The largest absolute Gasteiger partial charge is 0.493 e. The third-order valence-electron chi connectivity index (χ3n) is 4.05. The molecular formula is C16H24N2O2S. The van der Waals surface area contributed by atoms with Crippen molar-refractivity contribution in [3.05, 3.63) is 23.8 Å². The van der Waals surface area contributed by atoms with Gasteiger partial charge in [-0.1, -0.05) is 12.1 Å². The first-order valence-electron chi connectivity index (χ1n) is 7.70. The first kappa shape index (κ1) is 15.0. The maximum absolute atomic E-state index is 6.15. The number of piperazine rings is 1. The minimum atomic E-state index is 0.332. The van der Waals surface area contributed by atoms with E-state index in [0.29, 0.717) is 6.10 Å². The molecule has 0 radical (unpaired) electrons. The molecule has 1 N–H and O–H groups in total. The maximum Gasteiger partial charge on any atom is 0.165 e. The predicted molar refractivity (Wildman–Crippen MR) is 87.5 cm³/mol. The van der Waals surface area contributed by atoms with Gasteiger partial charge in [-0.25, -0.2) is 0 Å². The molecule has 1 aromatic rings. The van der Waals surface area contributed by atoms with Crippen LogP contribution in [0.15, 0.2) is 18.2 Å². The molecule has 3 rings (SSSR count). The molecule has 0 saturated carbocycles. The van der Waals surface area contributed by atoms with Crippen LogP contribution < -0.4 is 14.8 Å². The highest BCUT2D eigenvalue weighted by atomic mass is 32.2. The molecule has 0 bridgehead atoms. The van der Waals surface area contributed by atoms with E-state index >= 15 is 0 Å². The summed E-state index contributed by atoms with van der Waals surface area (Å²) in [5.74, 6) is 4.10. The summed E-state index contributed by atoms with van der Waals surface area (Å²) < 4.78 is 11.8. The van der Waals surface area contributed by atoms with Crippen LogP contribution in [0.2, 0.25) is 0 Å². The Labute approximate surface area is 131 Å². The van der Waals surface area contributed by atoms with Gasteiger partial charge in [0, 0.05) is 44.0 Å². The standard InChI is InChI=1S/C16H24N2O2S/c1-19-16-13(11-18-8-6-17-7-9-18)3-2-4-15(16)20-14-5-10-21-12-14/h2-4,14,17H,5-12H2,1H3. The van der Waals surface area contributed by atoms with Gasteiger partial charge in [0.25, 0.3) is 0 Å². The van der Waals surface area contributed by atoms with Gasteiger partial charge in [-0.2, -0.15) is 11.8 Å². The highest BCUT2D eigenvalue weighted by Gasteiger charge is 2.21. The van der Waals surface area contributed by atoms with E-state index in [1.165, 1.54) is 11.3 Å². The predicted octanol–water partition coefficient (Wildman–Crippen LogP) is 1.98. The zero-order chi connectivity index (χ0) is 14.5. The molecule has 1 atom stereocenters. The molecule has 0 spiro atoms. The minimum Gasteiger partial charge on any atom is -0.493 e. The number of nitrogens with zero attached hydrogens (tertiary/aromatic N) is 1. The number of methoxy groups -OCH3 is 1. The summed E-state index contributed by atoms with van der Waals surface area (Å²) >= 11 is 1.97. The van der Waals surface area contributed by atoms with E-state index in [1.54, 1.807) is 7.11 Å². The topological polar surface area (TPSA) is 33.7 Å². The molecule has 0 aromatic heterocycles. The molecule has 0 amide bonds. The molecule has 2 fully saturated rings. The smallest absolute Gasteiger partial charge is 0.165 e. The molecule has 1 aromatic carbocycles. The van der Waals surface area contributed by atoms with Crippen molar-refractivity contribution in [3.8, 4) is 11.5 Å². The van der Waals surface area contributed by atoms with Crippen LogP contribution in [0, 0.1) is 0 Å². The Morgan fingerprint density at radius 3 is 2.90 bits per heavy atom. The first-order valence-corrected chi connectivity index (χ1v) is 8.85.